The van der Waals surface area contributed by atoms with Crippen LogP contribution in [0.3, 0.4) is 0 Å². The minimum Gasteiger partial charge on any atom is -0.384 e. The Balaban J connectivity index is 2.28. The largest absolute Gasteiger partial charge is 0.384 e. The summed E-state index contributed by atoms with van der Waals surface area (Å²) in [5, 5.41) is 3.61. The van der Waals surface area contributed by atoms with Crippen LogP contribution in [-0.2, 0) is 4.74 Å². The van der Waals surface area contributed by atoms with E-state index in [-0.39, 0.29) is 0 Å². The van der Waals surface area contributed by atoms with E-state index < -0.39 is 0 Å². The van der Waals surface area contributed by atoms with Crippen LogP contribution in [0.4, 0.5) is 0 Å². The molecule has 0 amide bonds. The van der Waals surface area contributed by atoms with Gasteiger partial charge in [-0.25, -0.2) is 0 Å². The first-order chi connectivity index (χ1) is 7.60. The molecule has 1 N–H and O–H groups in total. The van der Waals surface area contributed by atoms with Crippen molar-refractivity contribution in [2.75, 3.05) is 40.9 Å². The Kier molecular flexibility index (Phi) is 5.73. The van der Waals surface area contributed by atoms with Crippen molar-refractivity contribution in [3.63, 3.8) is 0 Å². The Bertz CT molecular complexity index is 188. The molecule has 0 aromatic carbocycles. The molecule has 1 fully saturated rings. The van der Waals surface area contributed by atoms with Gasteiger partial charge in [-0.1, -0.05) is 19.8 Å². The molecule has 0 radical (unpaired) electrons. The van der Waals surface area contributed by atoms with E-state index >= 15 is 0 Å². The maximum Gasteiger partial charge on any atom is 0.0499 e. The van der Waals surface area contributed by atoms with Gasteiger partial charge in [0.2, 0.25) is 0 Å². The maximum absolute atomic E-state index is 5.15. The molecule has 0 aromatic heterocycles. The van der Waals surface area contributed by atoms with Gasteiger partial charge >= 0.3 is 0 Å². The lowest BCUT2D eigenvalue weighted by Crippen LogP contribution is -2.50. The predicted molar refractivity (Wildman–Crippen MR) is 68.8 cm³/mol. The predicted octanol–water partition coefficient (Wildman–Crippen LogP) is 1.73. The van der Waals surface area contributed by atoms with Gasteiger partial charge in [-0.3, -0.25) is 0 Å². The smallest absolute Gasteiger partial charge is 0.0499 e. The summed E-state index contributed by atoms with van der Waals surface area (Å²) >= 11 is 0. The molecule has 1 aliphatic carbocycles. The van der Waals surface area contributed by atoms with Gasteiger partial charge in [0, 0.05) is 25.8 Å². The third kappa shape index (κ3) is 3.72. The lowest BCUT2D eigenvalue weighted by atomic mass is 9.96. The Morgan fingerprint density at radius 2 is 1.94 bits per heavy atom. The SMILES string of the molecule is COCC(C)CNCC1(N(C)C)CCCC1. The fraction of sp³-hybridized carbons (Fsp3) is 1.00. The summed E-state index contributed by atoms with van der Waals surface area (Å²) in [6.45, 7) is 5.26. The third-order valence-corrected chi connectivity index (χ3v) is 3.88. The van der Waals surface area contributed by atoms with E-state index in [1.807, 2.05) is 0 Å². The van der Waals surface area contributed by atoms with Crippen LogP contribution in [0, 0.1) is 5.92 Å². The van der Waals surface area contributed by atoms with Crippen LogP contribution < -0.4 is 5.32 Å². The van der Waals surface area contributed by atoms with E-state index in [0.717, 1.165) is 19.7 Å². The highest BCUT2D eigenvalue weighted by molar-refractivity contribution is 4.94. The highest BCUT2D eigenvalue weighted by Gasteiger charge is 2.35. The normalized spacial score (nSPS) is 21.6. The summed E-state index contributed by atoms with van der Waals surface area (Å²) in [6.07, 6.45) is 5.44. The van der Waals surface area contributed by atoms with Gasteiger partial charge in [0.15, 0.2) is 0 Å². The highest BCUT2D eigenvalue weighted by atomic mass is 16.5. The molecule has 1 rings (SSSR count). The van der Waals surface area contributed by atoms with E-state index in [4.69, 9.17) is 4.74 Å². The van der Waals surface area contributed by atoms with Crippen molar-refractivity contribution in [1.29, 1.82) is 0 Å². The number of rotatable bonds is 7. The molecular weight excluding hydrogens is 200 g/mol. The fourth-order valence-electron chi connectivity index (χ4n) is 2.71. The van der Waals surface area contributed by atoms with Crippen LogP contribution in [-0.4, -0.2) is 51.3 Å². The molecule has 0 aromatic rings. The quantitative estimate of drug-likeness (QED) is 0.718. The Hall–Kier alpha value is -0.120. The van der Waals surface area contributed by atoms with Crippen molar-refractivity contribution >= 4 is 0 Å². The number of hydrogen-bond donors (Lipinski definition) is 1. The number of likely N-dealkylation sites (N-methyl/N-ethyl adjacent to an activating group) is 1. The Morgan fingerprint density at radius 3 is 2.44 bits per heavy atom. The molecule has 1 saturated carbocycles. The van der Waals surface area contributed by atoms with Crippen LogP contribution in [0.5, 0.6) is 0 Å². The number of ether oxygens (including phenoxy) is 1. The summed E-state index contributed by atoms with van der Waals surface area (Å²) in [6, 6.07) is 0. The van der Waals surface area contributed by atoms with Crippen molar-refractivity contribution in [3.05, 3.63) is 0 Å². The lowest BCUT2D eigenvalue weighted by Gasteiger charge is -2.37. The van der Waals surface area contributed by atoms with Crippen LogP contribution in [0.1, 0.15) is 32.6 Å². The first-order valence-corrected chi connectivity index (χ1v) is 6.48. The molecule has 3 heteroatoms. The molecule has 1 atom stereocenters. The molecule has 0 spiro atoms. The van der Waals surface area contributed by atoms with Crippen molar-refractivity contribution in [3.8, 4) is 0 Å². The van der Waals surface area contributed by atoms with E-state index in [1.165, 1.54) is 25.7 Å². The Morgan fingerprint density at radius 1 is 1.31 bits per heavy atom. The van der Waals surface area contributed by atoms with Gasteiger partial charge in [-0.05, 0) is 39.4 Å². The lowest BCUT2D eigenvalue weighted by molar-refractivity contribution is 0.137. The molecule has 0 saturated heterocycles. The number of hydrogen-bond acceptors (Lipinski definition) is 3. The van der Waals surface area contributed by atoms with E-state index in [2.05, 4.69) is 31.2 Å². The second kappa shape index (κ2) is 6.58. The highest BCUT2D eigenvalue weighted by Crippen LogP contribution is 2.33. The minimum atomic E-state index is 0.410. The van der Waals surface area contributed by atoms with Crippen molar-refractivity contribution in [2.24, 2.45) is 5.92 Å². The van der Waals surface area contributed by atoms with Crippen molar-refractivity contribution < 1.29 is 4.74 Å². The monoisotopic (exact) mass is 228 g/mol. The minimum absolute atomic E-state index is 0.410. The van der Waals surface area contributed by atoms with Gasteiger partial charge in [-0.2, -0.15) is 0 Å². The van der Waals surface area contributed by atoms with E-state index in [1.54, 1.807) is 7.11 Å². The number of methoxy groups -OCH3 is 1. The zero-order valence-electron chi connectivity index (χ0n) is 11.4. The maximum atomic E-state index is 5.15. The first kappa shape index (κ1) is 13.9. The summed E-state index contributed by atoms with van der Waals surface area (Å²) in [4.78, 5) is 2.41. The fourth-order valence-corrected chi connectivity index (χ4v) is 2.71. The van der Waals surface area contributed by atoms with E-state index in [0.29, 0.717) is 11.5 Å². The van der Waals surface area contributed by atoms with Crippen molar-refractivity contribution in [2.45, 2.75) is 38.1 Å². The summed E-state index contributed by atoms with van der Waals surface area (Å²) < 4.78 is 5.15. The molecule has 96 valence electrons. The average molecular weight is 228 g/mol. The molecule has 1 aliphatic rings. The summed E-state index contributed by atoms with van der Waals surface area (Å²) in [7, 11) is 6.20. The molecule has 1 unspecified atom stereocenters. The van der Waals surface area contributed by atoms with Gasteiger partial charge < -0.3 is 15.0 Å². The van der Waals surface area contributed by atoms with Crippen molar-refractivity contribution in [1.82, 2.24) is 10.2 Å². The van der Waals surface area contributed by atoms with Gasteiger partial charge in [0.1, 0.15) is 0 Å². The first-order valence-electron chi connectivity index (χ1n) is 6.48. The number of nitrogens with zero attached hydrogens (tertiary/aromatic N) is 1. The molecular formula is C13H28N2O. The van der Waals surface area contributed by atoms with Crippen LogP contribution in [0.25, 0.3) is 0 Å². The topological polar surface area (TPSA) is 24.5 Å². The van der Waals surface area contributed by atoms with Gasteiger partial charge in [0.05, 0.1) is 0 Å². The molecule has 16 heavy (non-hydrogen) atoms. The number of nitrogens with one attached hydrogen (secondary N) is 1. The Labute approximate surface area is 101 Å². The second-order valence-electron chi connectivity index (χ2n) is 5.52. The molecule has 0 bridgehead atoms. The molecule has 0 heterocycles. The zero-order valence-corrected chi connectivity index (χ0v) is 11.4. The van der Waals surface area contributed by atoms with Crippen LogP contribution in [0.15, 0.2) is 0 Å². The van der Waals surface area contributed by atoms with Gasteiger partial charge in [0.25, 0.3) is 0 Å². The summed E-state index contributed by atoms with van der Waals surface area (Å²) in [5.74, 6) is 0.602. The summed E-state index contributed by atoms with van der Waals surface area (Å²) in [5.41, 5.74) is 0.410. The molecule has 0 aliphatic heterocycles. The van der Waals surface area contributed by atoms with Crippen LogP contribution in [0.2, 0.25) is 0 Å². The second-order valence-corrected chi connectivity index (χ2v) is 5.52. The van der Waals surface area contributed by atoms with Crippen LogP contribution >= 0.6 is 0 Å². The van der Waals surface area contributed by atoms with Gasteiger partial charge in [-0.15, -0.1) is 0 Å². The average Bonchev–Trinajstić information content (AvgIpc) is 2.68. The zero-order chi connectivity index (χ0) is 12.0. The third-order valence-electron chi connectivity index (χ3n) is 3.88. The molecule has 3 nitrogen and oxygen atoms in total. The van der Waals surface area contributed by atoms with E-state index in [9.17, 15) is 0 Å². The standard InChI is InChI=1S/C13H28N2O/c1-12(10-16-4)9-14-11-13(15(2)3)7-5-6-8-13/h12,14H,5-11H2,1-4H3.